The van der Waals surface area contributed by atoms with Gasteiger partial charge in [-0.2, -0.15) is 13.1 Å². The molecule has 0 unspecified atom stereocenters. The van der Waals surface area contributed by atoms with Gasteiger partial charge in [0.1, 0.15) is 0 Å². The van der Waals surface area contributed by atoms with Gasteiger partial charge in [-0.3, -0.25) is 0 Å². The number of hydrogen-bond donors (Lipinski definition) is 2. The van der Waals surface area contributed by atoms with Crippen molar-refractivity contribution in [3.8, 4) is 0 Å². The van der Waals surface area contributed by atoms with Crippen LogP contribution in [0.5, 0.6) is 0 Å². The molecule has 1 rings (SSSR count). The first-order valence-electron chi connectivity index (χ1n) is 5.47. The highest BCUT2D eigenvalue weighted by atomic mass is 79.9. The van der Waals surface area contributed by atoms with E-state index in [1.54, 1.807) is 6.92 Å². The highest BCUT2D eigenvalue weighted by Crippen LogP contribution is 2.31. The van der Waals surface area contributed by atoms with Crippen LogP contribution < -0.4 is 9.44 Å². The van der Waals surface area contributed by atoms with Gasteiger partial charge in [0, 0.05) is 10.9 Å². The van der Waals surface area contributed by atoms with Gasteiger partial charge in [-0.1, -0.05) is 28.8 Å². The molecule has 2 N–H and O–H groups in total. The van der Waals surface area contributed by atoms with E-state index in [0.717, 1.165) is 25.7 Å². The number of carbonyl (C=O) groups is 1. The maximum Gasteiger partial charge on any atom is 0.421 e. The molecule has 0 saturated heterocycles. The molecule has 0 spiro atoms. The molecular weight excluding hydrogens is 312 g/mol. The predicted octanol–water partition coefficient (Wildman–Crippen LogP) is 1.27. The van der Waals surface area contributed by atoms with E-state index in [4.69, 9.17) is 0 Å². The molecule has 0 aromatic rings. The molecule has 0 heterocycles. The Kier molecular flexibility index (Phi) is 5.21. The number of nitrogens with one attached hydrogen (secondary N) is 2. The Labute approximate surface area is 110 Å². The normalized spacial score (nSPS) is 18.9. The molecule has 100 valence electrons. The van der Waals surface area contributed by atoms with Crippen LogP contribution in [-0.2, 0) is 14.9 Å². The summed E-state index contributed by atoms with van der Waals surface area (Å²) in [5.41, 5.74) is -0.488. The van der Waals surface area contributed by atoms with E-state index in [1.165, 1.54) is 0 Å². The van der Waals surface area contributed by atoms with Gasteiger partial charge < -0.3 is 4.74 Å². The van der Waals surface area contributed by atoms with Gasteiger partial charge in [0.05, 0.1) is 6.61 Å². The lowest BCUT2D eigenvalue weighted by atomic mass is 10.0. The zero-order chi connectivity index (χ0) is 12.9. The topological polar surface area (TPSA) is 84.5 Å². The molecule has 1 fully saturated rings. The Bertz CT molecular complexity index is 365. The Morgan fingerprint density at radius 1 is 1.41 bits per heavy atom. The number of carbonyl (C=O) groups excluding carboxylic acids is 1. The Balaban J connectivity index is 2.62. The van der Waals surface area contributed by atoms with E-state index in [0.29, 0.717) is 5.33 Å². The second kappa shape index (κ2) is 6.01. The van der Waals surface area contributed by atoms with Crippen molar-refractivity contribution in [2.24, 2.45) is 0 Å². The fraction of sp³-hybridized carbons (Fsp3) is 0.889. The van der Waals surface area contributed by atoms with Crippen LogP contribution in [0.2, 0.25) is 0 Å². The van der Waals surface area contributed by atoms with Gasteiger partial charge in [-0.25, -0.2) is 9.52 Å². The molecule has 1 saturated carbocycles. The van der Waals surface area contributed by atoms with Crippen LogP contribution in [0.15, 0.2) is 0 Å². The van der Waals surface area contributed by atoms with Crippen LogP contribution in [0.25, 0.3) is 0 Å². The average molecular weight is 329 g/mol. The minimum absolute atomic E-state index is 0.130. The highest BCUT2D eigenvalue weighted by Gasteiger charge is 2.37. The molecule has 0 aromatic heterocycles. The quantitative estimate of drug-likeness (QED) is 0.744. The number of rotatable bonds is 5. The van der Waals surface area contributed by atoms with Crippen LogP contribution >= 0.6 is 15.9 Å². The summed E-state index contributed by atoms with van der Waals surface area (Å²) in [6, 6.07) is 0. The van der Waals surface area contributed by atoms with Crippen molar-refractivity contribution in [1.29, 1.82) is 0 Å². The second-order valence-electron chi connectivity index (χ2n) is 4.05. The second-order valence-corrected chi connectivity index (χ2v) is 6.02. The largest absolute Gasteiger partial charge is 0.449 e. The van der Waals surface area contributed by atoms with E-state index in [9.17, 15) is 13.2 Å². The number of amides is 1. The molecule has 0 aromatic carbocycles. The highest BCUT2D eigenvalue weighted by molar-refractivity contribution is 9.09. The third-order valence-corrected chi connectivity index (χ3v) is 4.87. The van der Waals surface area contributed by atoms with E-state index in [2.05, 4.69) is 25.4 Å². The maximum atomic E-state index is 11.7. The van der Waals surface area contributed by atoms with E-state index >= 15 is 0 Å². The number of halogens is 1. The molecule has 1 aliphatic carbocycles. The molecular formula is C9H17BrN2O4S. The van der Waals surface area contributed by atoms with Crippen LogP contribution in [0.1, 0.15) is 32.6 Å². The molecule has 1 amide bonds. The molecule has 0 bridgehead atoms. The zero-order valence-corrected chi connectivity index (χ0v) is 12.1. The fourth-order valence-corrected chi connectivity index (χ4v) is 3.96. The summed E-state index contributed by atoms with van der Waals surface area (Å²) in [6.07, 6.45) is 2.54. The summed E-state index contributed by atoms with van der Waals surface area (Å²) < 4.78 is 32.3. The van der Waals surface area contributed by atoms with E-state index in [-0.39, 0.29) is 6.61 Å². The lowest BCUT2D eigenvalue weighted by molar-refractivity contribution is 0.158. The van der Waals surface area contributed by atoms with Crippen molar-refractivity contribution in [2.45, 2.75) is 38.1 Å². The standard InChI is InChI=1S/C9H17BrN2O4S/c1-2-16-8(13)11-17(14,15)12-9(7-10)5-3-4-6-9/h12H,2-7H2,1H3,(H,11,13). The average Bonchev–Trinajstić information content (AvgIpc) is 2.65. The number of alkyl halides is 1. The van der Waals surface area contributed by atoms with E-state index in [1.807, 2.05) is 4.72 Å². The summed E-state index contributed by atoms with van der Waals surface area (Å²) in [4.78, 5) is 11.1. The predicted molar refractivity (Wildman–Crippen MR) is 67.2 cm³/mol. The van der Waals surface area contributed by atoms with Crippen molar-refractivity contribution in [2.75, 3.05) is 11.9 Å². The minimum atomic E-state index is -3.86. The van der Waals surface area contributed by atoms with Crippen LogP contribution in [0.4, 0.5) is 4.79 Å². The summed E-state index contributed by atoms with van der Waals surface area (Å²) in [6.45, 7) is 1.74. The number of ether oxygens (including phenoxy) is 1. The van der Waals surface area contributed by atoms with Crippen molar-refractivity contribution in [3.63, 3.8) is 0 Å². The molecule has 8 heteroatoms. The third-order valence-electron chi connectivity index (χ3n) is 2.66. The van der Waals surface area contributed by atoms with Gasteiger partial charge in [0.2, 0.25) is 0 Å². The van der Waals surface area contributed by atoms with Crippen LogP contribution in [-0.4, -0.2) is 32.0 Å². The van der Waals surface area contributed by atoms with Crippen LogP contribution in [0, 0.1) is 0 Å². The first kappa shape index (κ1) is 14.7. The maximum absolute atomic E-state index is 11.7. The van der Waals surface area contributed by atoms with Crippen molar-refractivity contribution >= 4 is 32.2 Å². The number of hydrogen-bond acceptors (Lipinski definition) is 4. The Hall–Kier alpha value is -0.340. The minimum Gasteiger partial charge on any atom is -0.449 e. The first-order chi connectivity index (χ1) is 7.93. The fourth-order valence-electron chi connectivity index (χ4n) is 1.90. The van der Waals surface area contributed by atoms with Gasteiger partial charge in [0.25, 0.3) is 0 Å². The van der Waals surface area contributed by atoms with E-state index < -0.39 is 21.8 Å². The molecule has 6 nitrogen and oxygen atoms in total. The van der Waals surface area contributed by atoms with Crippen molar-refractivity contribution < 1.29 is 17.9 Å². The zero-order valence-electron chi connectivity index (χ0n) is 9.66. The summed E-state index contributed by atoms with van der Waals surface area (Å²) in [7, 11) is -3.86. The molecule has 0 aliphatic heterocycles. The monoisotopic (exact) mass is 328 g/mol. The summed E-state index contributed by atoms with van der Waals surface area (Å²) >= 11 is 3.31. The summed E-state index contributed by atoms with van der Waals surface area (Å²) in [5.74, 6) is 0. The van der Waals surface area contributed by atoms with Gasteiger partial charge in [0.15, 0.2) is 0 Å². The lowest BCUT2D eigenvalue weighted by Gasteiger charge is -2.27. The molecule has 0 atom stereocenters. The van der Waals surface area contributed by atoms with Gasteiger partial charge >= 0.3 is 16.3 Å². The molecule has 1 aliphatic rings. The van der Waals surface area contributed by atoms with Crippen molar-refractivity contribution in [1.82, 2.24) is 9.44 Å². The van der Waals surface area contributed by atoms with Crippen LogP contribution in [0.3, 0.4) is 0 Å². The van der Waals surface area contributed by atoms with Gasteiger partial charge in [-0.05, 0) is 19.8 Å². The summed E-state index contributed by atoms with van der Waals surface area (Å²) in [5, 5.41) is 0.531. The van der Waals surface area contributed by atoms with Gasteiger partial charge in [-0.15, -0.1) is 0 Å². The Morgan fingerprint density at radius 2 is 2.00 bits per heavy atom. The SMILES string of the molecule is CCOC(=O)NS(=O)(=O)NC1(CBr)CCCC1. The Morgan fingerprint density at radius 3 is 2.47 bits per heavy atom. The smallest absolute Gasteiger partial charge is 0.421 e. The third kappa shape index (κ3) is 4.44. The first-order valence-corrected chi connectivity index (χ1v) is 8.08. The molecule has 0 radical (unpaired) electrons. The lowest BCUT2D eigenvalue weighted by Crippen LogP contribution is -2.53. The van der Waals surface area contributed by atoms with Crippen molar-refractivity contribution in [3.05, 3.63) is 0 Å². The molecule has 17 heavy (non-hydrogen) atoms.